The van der Waals surface area contributed by atoms with Gasteiger partial charge in [0, 0.05) is 18.7 Å². The summed E-state index contributed by atoms with van der Waals surface area (Å²) in [6, 6.07) is 17.3. The van der Waals surface area contributed by atoms with Gasteiger partial charge in [-0.3, -0.25) is 9.59 Å². The number of benzene rings is 2. The molecule has 0 bridgehead atoms. The van der Waals surface area contributed by atoms with Crippen LogP contribution in [0.3, 0.4) is 0 Å². The molecule has 6 heteroatoms. The Morgan fingerprint density at radius 3 is 2.44 bits per heavy atom. The van der Waals surface area contributed by atoms with Crippen LogP contribution in [0, 0.1) is 5.92 Å². The van der Waals surface area contributed by atoms with Gasteiger partial charge in [-0.1, -0.05) is 50.2 Å². The summed E-state index contributed by atoms with van der Waals surface area (Å²) in [7, 11) is 1.62. The first-order valence-electron chi connectivity index (χ1n) is 10.8. The van der Waals surface area contributed by atoms with E-state index < -0.39 is 0 Å². The molecule has 0 radical (unpaired) electrons. The third-order valence-electron chi connectivity index (χ3n) is 5.19. The van der Waals surface area contributed by atoms with Gasteiger partial charge in [0.25, 0.3) is 5.91 Å². The molecule has 1 aromatic heterocycles. The second kappa shape index (κ2) is 11.5. The van der Waals surface area contributed by atoms with Crippen molar-refractivity contribution < 1.29 is 14.3 Å². The van der Waals surface area contributed by atoms with Crippen LogP contribution in [0.2, 0.25) is 0 Å². The molecule has 3 rings (SSSR count). The highest BCUT2D eigenvalue weighted by atomic mass is 32.1. The van der Waals surface area contributed by atoms with Crippen LogP contribution in [0.4, 0.5) is 0 Å². The monoisotopic (exact) mass is 450 g/mol. The Morgan fingerprint density at radius 2 is 1.72 bits per heavy atom. The average molecular weight is 451 g/mol. The smallest absolute Gasteiger partial charge is 0.261 e. The van der Waals surface area contributed by atoms with E-state index >= 15 is 0 Å². The number of ether oxygens (including phenoxy) is 1. The Balaban J connectivity index is 1.67. The normalized spacial score (nSPS) is 10.8. The van der Waals surface area contributed by atoms with Gasteiger partial charge in [-0.15, -0.1) is 11.3 Å². The van der Waals surface area contributed by atoms with E-state index in [0.29, 0.717) is 30.3 Å². The molecule has 3 aromatic rings. The summed E-state index contributed by atoms with van der Waals surface area (Å²) in [6.07, 6.45) is 1.25. The Labute approximate surface area is 193 Å². The maximum Gasteiger partial charge on any atom is 0.261 e. The SMILES string of the molecule is COc1ccc(CC(=O)NCc2ccccc2-c2ccsc2C(=O)NCCC(C)C)cc1. The van der Waals surface area contributed by atoms with Crippen LogP contribution in [0.1, 0.15) is 41.1 Å². The molecule has 0 aliphatic heterocycles. The van der Waals surface area contributed by atoms with E-state index in [-0.39, 0.29) is 11.8 Å². The van der Waals surface area contributed by atoms with Crippen molar-refractivity contribution in [2.24, 2.45) is 5.92 Å². The Morgan fingerprint density at radius 1 is 0.969 bits per heavy atom. The predicted octanol–water partition coefficient (Wildman–Crippen LogP) is 5.06. The standard InChI is InChI=1S/C26H30N2O3S/c1-18(2)12-14-27-26(30)25-23(13-15-32-25)22-7-5-4-6-20(22)17-28-24(29)16-19-8-10-21(31-3)11-9-19/h4-11,13,15,18H,12,14,16-17H2,1-3H3,(H,27,30)(H,28,29). The van der Waals surface area contributed by atoms with E-state index in [2.05, 4.69) is 24.5 Å². The summed E-state index contributed by atoms with van der Waals surface area (Å²) >= 11 is 1.44. The summed E-state index contributed by atoms with van der Waals surface area (Å²) in [5.41, 5.74) is 3.77. The number of hydrogen-bond acceptors (Lipinski definition) is 4. The van der Waals surface area contributed by atoms with E-state index in [1.54, 1.807) is 7.11 Å². The molecule has 0 atom stereocenters. The Kier molecular flexibility index (Phi) is 8.45. The minimum Gasteiger partial charge on any atom is -0.497 e. The fourth-order valence-electron chi connectivity index (χ4n) is 3.37. The van der Waals surface area contributed by atoms with Crippen LogP contribution in [0.15, 0.2) is 60.0 Å². The van der Waals surface area contributed by atoms with Crippen LogP contribution in [0.5, 0.6) is 5.75 Å². The lowest BCUT2D eigenvalue weighted by molar-refractivity contribution is -0.120. The lowest BCUT2D eigenvalue weighted by atomic mass is 9.99. The Hall–Kier alpha value is -3.12. The molecule has 0 aliphatic carbocycles. The lowest BCUT2D eigenvalue weighted by Gasteiger charge is -2.12. The molecule has 2 aromatic carbocycles. The van der Waals surface area contributed by atoms with Crippen molar-refractivity contribution in [2.75, 3.05) is 13.7 Å². The average Bonchev–Trinajstić information content (AvgIpc) is 3.28. The van der Waals surface area contributed by atoms with E-state index in [9.17, 15) is 9.59 Å². The maximum atomic E-state index is 12.7. The number of thiophene rings is 1. The molecule has 0 fully saturated rings. The maximum absolute atomic E-state index is 12.7. The molecule has 2 amide bonds. The summed E-state index contributed by atoms with van der Waals surface area (Å²) in [5, 5.41) is 7.97. The second-order valence-electron chi connectivity index (χ2n) is 8.06. The highest BCUT2D eigenvalue weighted by Crippen LogP contribution is 2.31. The number of hydrogen-bond donors (Lipinski definition) is 2. The molecule has 0 unspecified atom stereocenters. The van der Waals surface area contributed by atoms with Gasteiger partial charge in [-0.25, -0.2) is 0 Å². The molecule has 168 valence electrons. The zero-order valence-corrected chi connectivity index (χ0v) is 19.6. The molecule has 2 N–H and O–H groups in total. The van der Waals surface area contributed by atoms with Crippen molar-refractivity contribution in [1.29, 1.82) is 0 Å². The molecular weight excluding hydrogens is 420 g/mol. The molecule has 1 heterocycles. The first-order chi connectivity index (χ1) is 15.5. The molecule has 0 saturated heterocycles. The van der Waals surface area contributed by atoms with Crippen molar-refractivity contribution in [2.45, 2.75) is 33.2 Å². The van der Waals surface area contributed by atoms with Gasteiger partial charge in [0.05, 0.1) is 18.4 Å². The topological polar surface area (TPSA) is 67.4 Å². The van der Waals surface area contributed by atoms with Crippen LogP contribution in [-0.4, -0.2) is 25.5 Å². The Bertz CT molecular complexity index is 1040. The zero-order chi connectivity index (χ0) is 22.9. The number of carbonyl (C=O) groups is 2. The van der Waals surface area contributed by atoms with Crippen molar-refractivity contribution in [3.63, 3.8) is 0 Å². The van der Waals surface area contributed by atoms with Gasteiger partial charge in [0.1, 0.15) is 5.75 Å². The summed E-state index contributed by atoms with van der Waals surface area (Å²) in [5.74, 6) is 1.21. The molecule has 5 nitrogen and oxygen atoms in total. The largest absolute Gasteiger partial charge is 0.497 e. The van der Waals surface area contributed by atoms with Crippen LogP contribution < -0.4 is 15.4 Å². The van der Waals surface area contributed by atoms with Gasteiger partial charge >= 0.3 is 0 Å². The van der Waals surface area contributed by atoms with Crippen LogP contribution in [0.25, 0.3) is 11.1 Å². The minimum atomic E-state index is -0.0538. The van der Waals surface area contributed by atoms with Gasteiger partial charge in [0.15, 0.2) is 0 Å². The fourth-order valence-corrected chi connectivity index (χ4v) is 4.20. The van der Waals surface area contributed by atoms with Crippen molar-refractivity contribution in [3.8, 4) is 16.9 Å². The second-order valence-corrected chi connectivity index (χ2v) is 8.98. The third kappa shape index (κ3) is 6.44. The molecule has 32 heavy (non-hydrogen) atoms. The highest BCUT2D eigenvalue weighted by Gasteiger charge is 2.17. The van der Waals surface area contributed by atoms with E-state index in [1.807, 2.05) is 60.0 Å². The predicted molar refractivity (Wildman–Crippen MR) is 130 cm³/mol. The quantitative estimate of drug-likeness (QED) is 0.454. The number of carbonyl (C=O) groups excluding carboxylic acids is 2. The van der Waals surface area contributed by atoms with Crippen molar-refractivity contribution >= 4 is 23.2 Å². The molecule has 0 saturated carbocycles. The van der Waals surface area contributed by atoms with Gasteiger partial charge < -0.3 is 15.4 Å². The van der Waals surface area contributed by atoms with Gasteiger partial charge in [0.2, 0.25) is 5.91 Å². The van der Waals surface area contributed by atoms with E-state index in [0.717, 1.165) is 34.4 Å². The molecule has 0 aliphatic rings. The van der Waals surface area contributed by atoms with Crippen LogP contribution >= 0.6 is 11.3 Å². The summed E-state index contributed by atoms with van der Waals surface area (Å²) in [6.45, 7) is 5.34. The van der Waals surface area contributed by atoms with Gasteiger partial charge in [-0.05, 0) is 52.6 Å². The minimum absolute atomic E-state index is 0.0472. The summed E-state index contributed by atoms with van der Waals surface area (Å²) in [4.78, 5) is 25.9. The summed E-state index contributed by atoms with van der Waals surface area (Å²) < 4.78 is 5.16. The number of amides is 2. The third-order valence-corrected chi connectivity index (χ3v) is 6.10. The lowest BCUT2D eigenvalue weighted by Crippen LogP contribution is -2.25. The number of methoxy groups -OCH3 is 1. The number of rotatable bonds is 10. The zero-order valence-electron chi connectivity index (χ0n) is 18.8. The first kappa shape index (κ1) is 23.5. The van der Waals surface area contributed by atoms with Crippen molar-refractivity contribution in [1.82, 2.24) is 10.6 Å². The van der Waals surface area contributed by atoms with Crippen LogP contribution in [-0.2, 0) is 17.8 Å². The molecule has 0 spiro atoms. The highest BCUT2D eigenvalue weighted by molar-refractivity contribution is 7.12. The number of nitrogens with one attached hydrogen (secondary N) is 2. The first-order valence-corrected chi connectivity index (χ1v) is 11.7. The van der Waals surface area contributed by atoms with Crippen molar-refractivity contribution in [3.05, 3.63) is 76.0 Å². The fraction of sp³-hybridized carbons (Fsp3) is 0.308. The van der Waals surface area contributed by atoms with E-state index in [1.165, 1.54) is 11.3 Å². The van der Waals surface area contributed by atoms with E-state index in [4.69, 9.17) is 4.74 Å². The molecular formula is C26H30N2O3S. The van der Waals surface area contributed by atoms with Gasteiger partial charge in [-0.2, -0.15) is 0 Å².